The second-order valence-electron chi connectivity index (χ2n) is 7.29. The molecule has 0 bridgehead atoms. The van der Waals surface area contributed by atoms with Gasteiger partial charge in [-0.2, -0.15) is 5.10 Å². The normalized spacial score (nSPS) is 17.5. The largest absolute Gasteiger partial charge is 0.373 e. The molecule has 6 nitrogen and oxygen atoms in total. The maximum absolute atomic E-state index is 12.6. The van der Waals surface area contributed by atoms with Crippen LogP contribution in [0.1, 0.15) is 24.0 Å². The number of hydrogen-bond donors (Lipinski definition) is 1. The third-order valence-corrected chi connectivity index (χ3v) is 5.16. The average molecular weight is 366 g/mol. The zero-order valence-electron chi connectivity index (χ0n) is 15.7. The minimum absolute atomic E-state index is 0.00983. The number of morpholine rings is 1. The topological polar surface area (TPSA) is 63.2 Å². The summed E-state index contributed by atoms with van der Waals surface area (Å²) < 4.78 is 7.72. The first-order chi connectivity index (χ1) is 13.2. The Bertz CT molecular complexity index is 914. The van der Waals surface area contributed by atoms with E-state index in [9.17, 15) is 4.79 Å². The molecular formula is C21H26N4O2. The summed E-state index contributed by atoms with van der Waals surface area (Å²) in [6.07, 6.45) is 8.27. The van der Waals surface area contributed by atoms with E-state index in [0.717, 1.165) is 23.9 Å². The number of aromatic amines is 1. The zero-order valence-corrected chi connectivity index (χ0v) is 15.7. The van der Waals surface area contributed by atoms with Gasteiger partial charge in [-0.25, -0.2) is 0 Å². The van der Waals surface area contributed by atoms with Gasteiger partial charge < -0.3 is 14.6 Å². The van der Waals surface area contributed by atoms with Crippen LogP contribution in [0.25, 0.3) is 10.9 Å². The number of aryl methyl sites for hydroxylation is 2. The molecule has 1 fully saturated rings. The molecule has 1 amide bonds. The quantitative estimate of drug-likeness (QED) is 0.730. The first-order valence-electron chi connectivity index (χ1n) is 9.62. The van der Waals surface area contributed by atoms with Crippen LogP contribution >= 0.6 is 0 Å². The molecular weight excluding hydrogens is 340 g/mol. The number of carbonyl (C=O) groups is 1. The Labute approximate surface area is 159 Å². The fourth-order valence-electron chi connectivity index (χ4n) is 3.76. The molecule has 27 heavy (non-hydrogen) atoms. The van der Waals surface area contributed by atoms with Crippen LogP contribution in [0.5, 0.6) is 0 Å². The van der Waals surface area contributed by atoms with Crippen molar-refractivity contribution in [3.8, 4) is 0 Å². The number of H-pyrrole nitrogens is 1. The van der Waals surface area contributed by atoms with Gasteiger partial charge in [-0.05, 0) is 37.0 Å². The first-order valence-corrected chi connectivity index (χ1v) is 9.62. The Balaban J connectivity index is 1.27. The standard InChI is InChI=1S/C21H26N4O2/c1-16-11-23-25(13-16)15-18-14-24(9-10-27-18)21(26)8-4-5-17-12-22-20-7-3-2-6-19(17)20/h2-3,6-7,11-13,18,22H,4-5,8-10,14-15H2,1H3. The number of aromatic nitrogens is 3. The van der Waals surface area contributed by atoms with Crippen molar-refractivity contribution in [1.29, 1.82) is 0 Å². The Morgan fingerprint density at radius 1 is 1.37 bits per heavy atom. The third-order valence-electron chi connectivity index (χ3n) is 5.16. The summed E-state index contributed by atoms with van der Waals surface area (Å²) in [4.78, 5) is 17.9. The number of nitrogens with one attached hydrogen (secondary N) is 1. The number of benzene rings is 1. The van der Waals surface area contributed by atoms with Crippen LogP contribution in [0.4, 0.5) is 0 Å². The summed E-state index contributed by atoms with van der Waals surface area (Å²) in [5, 5.41) is 5.57. The van der Waals surface area contributed by atoms with E-state index in [1.165, 1.54) is 10.9 Å². The molecule has 1 aliphatic rings. The van der Waals surface area contributed by atoms with Gasteiger partial charge in [0.25, 0.3) is 0 Å². The van der Waals surface area contributed by atoms with E-state index >= 15 is 0 Å². The third kappa shape index (κ3) is 4.22. The fourth-order valence-corrected chi connectivity index (χ4v) is 3.76. The van der Waals surface area contributed by atoms with Gasteiger partial charge in [-0.1, -0.05) is 18.2 Å². The number of para-hydroxylation sites is 1. The molecule has 6 heteroatoms. The van der Waals surface area contributed by atoms with Crippen LogP contribution in [0, 0.1) is 6.92 Å². The van der Waals surface area contributed by atoms with Gasteiger partial charge in [0.05, 0.1) is 25.5 Å². The predicted molar refractivity (Wildman–Crippen MR) is 105 cm³/mol. The van der Waals surface area contributed by atoms with Crippen LogP contribution in [-0.4, -0.2) is 51.4 Å². The first kappa shape index (κ1) is 17.8. The highest BCUT2D eigenvalue weighted by molar-refractivity contribution is 5.83. The van der Waals surface area contributed by atoms with Crippen LogP contribution in [-0.2, 0) is 22.5 Å². The Morgan fingerprint density at radius 3 is 3.11 bits per heavy atom. The van der Waals surface area contributed by atoms with Crippen LogP contribution in [0.2, 0.25) is 0 Å². The molecule has 1 unspecified atom stereocenters. The zero-order chi connectivity index (χ0) is 18.6. The van der Waals surface area contributed by atoms with E-state index in [0.29, 0.717) is 32.7 Å². The summed E-state index contributed by atoms with van der Waals surface area (Å²) in [5.41, 5.74) is 3.58. The lowest BCUT2D eigenvalue weighted by molar-refractivity contribution is -0.139. The molecule has 142 valence electrons. The molecule has 1 saturated heterocycles. The van der Waals surface area contributed by atoms with Gasteiger partial charge in [0.1, 0.15) is 0 Å². The highest BCUT2D eigenvalue weighted by Gasteiger charge is 2.24. The number of hydrogen-bond acceptors (Lipinski definition) is 3. The average Bonchev–Trinajstić information content (AvgIpc) is 3.28. The summed E-state index contributed by atoms with van der Waals surface area (Å²) >= 11 is 0. The van der Waals surface area contributed by atoms with Crippen LogP contribution < -0.4 is 0 Å². The monoisotopic (exact) mass is 366 g/mol. The van der Waals surface area contributed by atoms with Crippen molar-refractivity contribution in [2.45, 2.75) is 38.8 Å². The maximum atomic E-state index is 12.6. The number of carbonyl (C=O) groups excluding carboxylic acids is 1. The van der Waals surface area contributed by atoms with Crippen molar-refractivity contribution < 1.29 is 9.53 Å². The molecule has 2 aromatic heterocycles. The number of fused-ring (bicyclic) bond motifs is 1. The molecule has 1 aliphatic heterocycles. The molecule has 0 radical (unpaired) electrons. The lowest BCUT2D eigenvalue weighted by atomic mass is 10.1. The van der Waals surface area contributed by atoms with E-state index in [4.69, 9.17) is 4.74 Å². The number of amides is 1. The highest BCUT2D eigenvalue weighted by Crippen LogP contribution is 2.20. The van der Waals surface area contributed by atoms with Crippen LogP contribution in [0.15, 0.2) is 42.9 Å². The van der Waals surface area contributed by atoms with Crippen molar-refractivity contribution in [1.82, 2.24) is 19.7 Å². The van der Waals surface area contributed by atoms with E-state index in [2.05, 4.69) is 34.5 Å². The van der Waals surface area contributed by atoms with Gasteiger partial charge in [0, 0.05) is 42.8 Å². The molecule has 0 spiro atoms. The second-order valence-corrected chi connectivity index (χ2v) is 7.29. The number of rotatable bonds is 6. The van der Waals surface area contributed by atoms with E-state index in [1.54, 1.807) is 0 Å². The summed E-state index contributed by atoms with van der Waals surface area (Å²) in [6.45, 7) is 4.63. The second kappa shape index (κ2) is 7.96. The van der Waals surface area contributed by atoms with E-state index < -0.39 is 0 Å². The summed E-state index contributed by atoms with van der Waals surface area (Å²) in [5.74, 6) is 0.222. The van der Waals surface area contributed by atoms with Crippen molar-refractivity contribution in [2.24, 2.45) is 0 Å². The molecule has 0 saturated carbocycles. The Kier molecular flexibility index (Phi) is 5.25. The molecule has 1 aromatic carbocycles. The highest BCUT2D eigenvalue weighted by atomic mass is 16.5. The summed E-state index contributed by atoms with van der Waals surface area (Å²) in [6, 6.07) is 8.30. The van der Waals surface area contributed by atoms with Crippen molar-refractivity contribution in [3.63, 3.8) is 0 Å². The Morgan fingerprint density at radius 2 is 2.26 bits per heavy atom. The minimum Gasteiger partial charge on any atom is -0.373 e. The Hall–Kier alpha value is -2.60. The van der Waals surface area contributed by atoms with Gasteiger partial charge in [0.2, 0.25) is 5.91 Å². The van der Waals surface area contributed by atoms with Crippen molar-refractivity contribution >= 4 is 16.8 Å². The number of ether oxygens (including phenoxy) is 1. The van der Waals surface area contributed by atoms with Gasteiger partial charge in [-0.3, -0.25) is 9.48 Å². The van der Waals surface area contributed by atoms with E-state index in [-0.39, 0.29) is 12.0 Å². The molecule has 1 N–H and O–H groups in total. The molecule has 0 aliphatic carbocycles. The van der Waals surface area contributed by atoms with Gasteiger partial charge >= 0.3 is 0 Å². The maximum Gasteiger partial charge on any atom is 0.222 e. The fraction of sp³-hybridized carbons (Fsp3) is 0.429. The smallest absolute Gasteiger partial charge is 0.222 e. The molecule has 1 atom stereocenters. The van der Waals surface area contributed by atoms with Gasteiger partial charge in [-0.15, -0.1) is 0 Å². The van der Waals surface area contributed by atoms with E-state index in [1.807, 2.05) is 35.0 Å². The van der Waals surface area contributed by atoms with Crippen molar-refractivity contribution in [2.75, 3.05) is 19.7 Å². The SMILES string of the molecule is Cc1cnn(CC2CN(C(=O)CCCc3c[nH]c4ccccc34)CCO2)c1. The predicted octanol–water partition coefficient (Wildman–Crippen LogP) is 2.92. The lowest BCUT2D eigenvalue weighted by Gasteiger charge is -2.33. The van der Waals surface area contributed by atoms with Gasteiger partial charge in [0.15, 0.2) is 0 Å². The molecule has 3 aromatic rings. The number of nitrogens with zero attached hydrogens (tertiary/aromatic N) is 3. The minimum atomic E-state index is 0.00983. The molecule has 4 rings (SSSR count). The van der Waals surface area contributed by atoms with Crippen molar-refractivity contribution in [3.05, 3.63) is 54.0 Å². The lowest BCUT2D eigenvalue weighted by Crippen LogP contribution is -2.47. The van der Waals surface area contributed by atoms with Crippen LogP contribution in [0.3, 0.4) is 0 Å². The molecule has 3 heterocycles. The summed E-state index contributed by atoms with van der Waals surface area (Å²) in [7, 11) is 0.